The van der Waals surface area contributed by atoms with Gasteiger partial charge in [-0.25, -0.2) is 4.98 Å². The van der Waals surface area contributed by atoms with Crippen LogP contribution >= 0.6 is 0 Å². The first kappa shape index (κ1) is 18.4. The van der Waals surface area contributed by atoms with E-state index in [1.165, 1.54) is 18.5 Å². The summed E-state index contributed by atoms with van der Waals surface area (Å²) in [4.78, 5) is 38.1. The molecule has 0 aliphatic carbocycles. The summed E-state index contributed by atoms with van der Waals surface area (Å²) in [6.07, 6.45) is 8.65. The van der Waals surface area contributed by atoms with E-state index in [0.29, 0.717) is 5.70 Å². The number of nitrogens with one attached hydrogen (secondary N) is 2. The molecule has 1 aliphatic rings. The first-order chi connectivity index (χ1) is 13.1. The molecular weight excluding hydrogens is 344 g/mol. The molecule has 0 saturated carbocycles. The molecular formula is C19H22N6O2. The van der Waals surface area contributed by atoms with Gasteiger partial charge in [0.05, 0.1) is 30.0 Å². The van der Waals surface area contributed by atoms with Gasteiger partial charge in [0.25, 0.3) is 0 Å². The quantitative estimate of drug-likeness (QED) is 0.332. The van der Waals surface area contributed by atoms with Crippen LogP contribution in [0.3, 0.4) is 0 Å². The van der Waals surface area contributed by atoms with Gasteiger partial charge in [0.15, 0.2) is 0 Å². The fourth-order valence-electron chi connectivity index (χ4n) is 3.04. The molecule has 3 rings (SSSR count). The van der Waals surface area contributed by atoms with E-state index in [9.17, 15) is 9.59 Å². The Morgan fingerprint density at radius 1 is 1.52 bits per heavy atom. The summed E-state index contributed by atoms with van der Waals surface area (Å²) in [6, 6.07) is 2.19. The van der Waals surface area contributed by atoms with Crippen LogP contribution in [0.15, 0.2) is 42.2 Å². The number of anilines is 1. The Kier molecular flexibility index (Phi) is 5.35. The lowest BCUT2D eigenvalue weighted by atomic mass is 10.1. The number of carbonyl (C=O) groups is 2. The topological polar surface area (TPSA) is 93.7 Å². The molecule has 3 heterocycles. The predicted octanol–water partition coefficient (Wildman–Crippen LogP) is 1.18. The number of fused-ring (bicyclic) bond motifs is 1. The molecule has 8 heteroatoms. The van der Waals surface area contributed by atoms with Crippen molar-refractivity contribution in [3.05, 3.63) is 42.8 Å². The highest BCUT2D eigenvalue weighted by molar-refractivity contribution is 5.97. The lowest BCUT2D eigenvalue weighted by Gasteiger charge is -2.45. The monoisotopic (exact) mass is 366 g/mol. The van der Waals surface area contributed by atoms with Crippen LogP contribution in [-0.4, -0.2) is 66.6 Å². The minimum atomic E-state index is -0.0755. The number of nitrogens with zero attached hydrogens (tertiary/aromatic N) is 4. The third-order valence-electron chi connectivity index (χ3n) is 4.69. The van der Waals surface area contributed by atoms with E-state index in [0.717, 1.165) is 41.7 Å². The zero-order valence-electron chi connectivity index (χ0n) is 15.3. The minimum absolute atomic E-state index is 0.0755. The molecule has 8 nitrogen and oxygen atoms in total. The van der Waals surface area contributed by atoms with E-state index >= 15 is 0 Å². The van der Waals surface area contributed by atoms with Crippen LogP contribution in [0, 0.1) is 0 Å². The Morgan fingerprint density at radius 2 is 2.30 bits per heavy atom. The minimum Gasteiger partial charge on any atom is -0.366 e. The van der Waals surface area contributed by atoms with E-state index in [1.54, 1.807) is 25.2 Å². The number of aromatic amines is 1. The fourth-order valence-corrected chi connectivity index (χ4v) is 3.04. The lowest BCUT2D eigenvalue weighted by Crippen LogP contribution is -2.59. The zero-order valence-corrected chi connectivity index (χ0v) is 15.3. The van der Waals surface area contributed by atoms with Crippen LogP contribution in [0.1, 0.15) is 5.56 Å². The Labute approximate surface area is 157 Å². The largest absolute Gasteiger partial charge is 0.366 e. The molecule has 2 N–H and O–H groups in total. The van der Waals surface area contributed by atoms with Crippen molar-refractivity contribution in [2.24, 2.45) is 4.99 Å². The number of H-pyrrole nitrogens is 1. The van der Waals surface area contributed by atoms with Gasteiger partial charge in [-0.2, -0.15) is 0 Å². The number of pyridine rings is 1. The third-order valence-corrected chi connectivity index (χ3v) is 4.69. The molecule has 1 aliphatic heterocycles. The number of carbonyl (C=O) groups excluding carboxylic acids is 2. The summed E-state index contributed by atoms with van der Waals surface area (Å²) in [5.41, 5.74) is 3.17. The standard InChI is InChI=1S/C19H22N6O2/c1-4-18(27)24(3)14-10-25(11-14)13-7-15-16(9-22-19(15)21-8-13)17(5-6-26)23-12-20-2/h4-9,12,14H,1,10-11H2,2-3H3,(H,20,23)(H,21,22)/b17-5-. The van der Waals surface area contributed by atoms with Gasteiger partial charge in [-0.3, -0.25) is 14.6 Å². The summed E-state index contributed by atoms with van der Waals surface area (Å²) in [6.45, 7) is 5.00. The molecule has 0 spiro atoms. The highest BCUT2D eigenvalue weighted by Crippen LogP contribution is 2.29. The molecule has 140 valence electrons. The second-order valence-electron chi connectivity index (χ2n) is 6.25. The Hall–Kier alpha value is -3.42. The maximum atomic E-state index is 11.7. The van der Waals surface area contributed by atoms with Crippen LogP contribution in [-0.2, 0) is 9.59 Å². The van der Waals surface area contributed by atoms with Gasteiger partial charge in [-0.05, 0) is 12.1 Å². The van der Waals surface area contributed by atoms with E-state index in [2.05, 4.69) is 31.8 Å². The molecule has 1 fully saturated rings. The van der Waals surface area contributed by atoms with Gasteiger partial charge in [0.1, 0.15) is 11.9 Å². The third kappa shape index (κ3) is 3.59. The number of amides is 1. The van der Waals surface area contributed by atoms with Gasteiger partial charge >= 0.3 is 0 Å². The number of aliphatic imine (C=N–C) groups is 1. The normalized spacial score (nSPS) is 15.0. The van der Waals surface area contributed by atoms with Crippen molar-refractivity contribution in [2.45, 2.75) is 6.04 Å². The van der Waals surface area contributed by atoms with E-state index in [4.69, 9.17) is 0 Å². The Balaban J connectivity index is 1.84. The van der Waals surface area contributed by atoms with Crippen LogP contribution in [0.4, 0.5) is 5.69 Å². The van der Waals surface area contributed by atoms with Crippen molar-refractivity contribution in [1.82, 2.24) is 20.2 Å². The molecule has 1 amide bonds. The van der Waals surface area contributed by atoms with Gasteiger partial charge in [-0.15, -0.1) is 0 Å². The second-order valence-corrected chi connectivity index (χ2v) is 6.25. The Bertz CT molecular complexity index is 923. The number of hydrogen-bond donors (Lipinski definition) is 2. The first-order valence-electron chi connectivity index (χ1n) is 8.53. The number of hydrogen-bond acceptors (Lipinski definition) is 5. The zero-order chi connectivity index (χ0) is 19.4. The fraction of sp³-hybridized carbons (Fsp3) is 0.263. The number of rotatable bonds is 7. The van der Waals surface area contributed by atoms with Crippen LogP contribution < -0.4 is 10.2 Å². The van der Waals surface area contributed by atoms with Crippen molar-refractivity contribution in [3.8, 4) is 0 Å². The molecule has 0 aromatic carbocycles. The van der Waals surface area contributed by atoms with Crippen LogP contribution in [0.5, 0.6) is 0 Å². The van der Waals surface area contributed by atoms with Crippen molar-refractivity contribution in [2.75, 3.05) is 32.1 Å². The van der Waals surface area contributed by atoms with Gasteiger partial charge < -0.3 is 20.1 Å². The predicted molar refractivity (Wildman–Crippen MR) is 107 cm³/mol. The van der Waals surface area contributed by atoms with E-state index < -0.39 is 0 Å². The molecule has 1 saturated heterocycles. The molecule has 2 aromatic heterocycles. The smallest absolute Gasteiger partial charge is 0.246 e. The summed E-state index contributed by atoms with van der Waals surface area (Å²) in [5, 5.41) is 3.91. The van der Waals surface area contributed by atoms with Crippen LogP contribution in [0.2, 0.25) is 0 Å². The highest BCUT2D eigenvalue weighted by Gasteiger charge is 2.32. The van der Waals surface area contributed by atoms with Crippen molar-refractivity contribution in [3.63, 3.8) is 0 Å². The van der Waals surface area contributed by atoms with Gasteiger partial charge in [0, 0.05) is 50.4 Å². The van der Waals surface area contributed by atoms with Crippen molar-refractivity contribution >= 4 is 40.9 Å². The molecule has 0 bridgehead atoms. The molecule has 2 aromatic rings. The first-order valence-corrected chi connectivity index (χ1v) is 8.53. The number of aromatic nitrogens is 2. The summed E-state index contributed by atoms with van der Waals surface area (Å²) < 4.78 is 0. The average molecular weight is 366 g/mol. The SMILES string of the molecule is C=CC(=O)N(C)C1CN(c2cnc3[nH]cc(/C(=C/C=O)NC=NC)c3c2)C1. The summed E-state index contributed by atoms with van der Waals surface area (Å²) in [5.74, 6) is -0.0755. The van der Waals surface area contributed by atoms with Gasteiger partial charge in [0.2, 0.25) is 5.91 Å². The van der Waals surface area contributed by atoms with Crippen LogP contribution in [0.25, 0.3) is 16.7 Å². The maximum absolute atomic E-state index is 11.7. The van der Waals surface area contributed by atoms with Gasteiger partial charge in [-0.1, -0.05) is 6.58 Å². The number of aldehydes is 1. The van der Waals surface area contributed by atoms with E-state index in [-0.39, 0.29) is 11.9 Å². The van der Waals surface area contributed by atoms with Crippen molar-refractivity contribution < 1.29 is 9.59 Å². The lowest BCUT2D eigenvalue weighted by molar-refractivity contribution is -0.127. The highest BCUT2D eigenvalue weighted by atomic mass is 16.2. The maximum Gasteiger partial charge on any atom is 0.246 e. The summed E-state index contributed by atoms with van der Waals surface area (Å²) >= 11 is 0. The molecule has 0 atom stereocenters. The molecule has 27 heavy (non-hydrogen) atoms. The van der Waals surface area contributed by atoms with E-state index in [1.807, 2.05) is 12.3 Å². The van der Waals surface area contributed by atoms with Crippen molar-refractivity contribution in [1.29, 1.82) is 0 Å². The Morgan fingerprint density at radius 3 is 2.96 bits per heavy atom. The number of likely N-dealkylation sites (N-methyl/N-ethyl adjacent to an activating group) is 1. The summed E-state index contributed by atoms with van der Waals surface area (Å²) in [7, 11) is 3.43. The number of allylic oxidation sites excluding steroid dienone is 1. The molecule has 0 unspecified atom stereocenters. The molecule has 0 radical (unpaired) electrons. The average Bonchev–Trinajstić information content (AvgIpc) is 3.06. The second kappa shape index (κ2) is 7.86.